The molecular weight excluding hydrogens is 541 g/mol. The fraction of sp³-hybridized carbons (Fsp3) is 0.125. The lowest BCUT2D eigenvalue weighted by molar-refractivity contribution is -0.114. The Bertz CT molecular complexity index is 1260. The van der Waals surface area contributed by atoms with E-state index in [0.717, 1.165) is 25.8 Å². The van der Waals surface area contributed by atoms with Crippen LogP contribution < -0.4 is 4.90 Å². The molecule has 3 aromatic rings. The van der Waals surface area contributed by atoms with Gasteiger partial charge in [0, 0.05) is 15.4 Å². The summed E-state index contributed by atoms with van der Waals surface area (Å²) in [5.41, 5.74) is 3.65. The van der Waals surface area contributed by atoms with Gasteiger partial charge in [-0.15, -0.1) is 0 Å². The second kappa shape index (κ2) is 8.26. The smallest absolute Gasteiger partial charge is 0.285 e. The van der Waals surface area contributed by atoms with Gasteiger partial charge in [0.2, 0.25) is 0 Å². The standard InChI is InChI=1S/C24H16Br2FN3O2/c25-16-5-1-14(2-6-16)20-12-22(15-3-8-18(27)9-4-15)30(28-20)13-29-21-10-7-17(26)11-19(21)23(31)24(29)32/h1-11,22H,12-13H2/t22-/m0/s1. The van der Waals surface area contributed by atoms with Crippen LogP contribution in [0.1, 0.15) is 33.9 Å². The number of hydrogen-bond acceptors (Lipinski definition) is 4. The number of hydrogen-bond donors (Lipinski definition) is 0. The SMILES string of the molecule is O=C1C(=O)N(CN2N=C(c3ccc(Br)cc3)C[C@H]2c2ccc(F)cc2)c2ccc(Br)cc21. The molecule has 0 saturated heterocycles. The van der Waals surface area contributed by atoms with Crippen LogP contribution in [0.4, 0.5) is 10.1 Å². The van der Waals surface area contributed by atoms with E-state index in [1.54, 1.807) is 35.3 Å². The van der Waals surface area contributed by atoms with E-state index < -0.39 is 11.7 Å². The molecule has 0 spiro atoms. The van der Waals surface area contributed by atoms with Crippen molar-refractivity contribution in [2.24, 2.45) is 5.10 Å². The number of ketones is 1. The first-order valence-electron chi connectivity index (χ1n) is 9.92. The lowest BCUT2D eigenvalue weighted by Crippen LogP contribution is -2.39. The van der Waals surface area contributed by atoms with Crippen LogP contribution >= 0.6 is 31.9 Å². The van der Waals surface area contributed by atoms with Gasteiger partial charge in [0.05, 0.1) is 23.0 Å². The minimum Gasteiger partial charge on any atom is -0.285 e. The fourth-order valence-corrected chi connectivity index (χ4v) is 4.66. The van der Waals surface area contributed by atoms with Crippen molar-refractivity contribution in [2.45, 2.75) is 12.5 Å². The van der Waals surface area contributed by atoms with Crippen LogP contribution in [0.5, 0.6) is 0 Å². The minimum atomic E-state index is -0.580. The van der Waals surface area contributed by atoms with E-state index in [1.807, 2.05) is 24.3 Å². The summed E-state index contributed by atoms with van der Waals surface area (Å²) in [5, 5.41) is 6.61. The Hall–Kier alpha value is -2.84. The molecular formula is C24H16Br2FN3O2. The molecule has 0 saturated carbocycles. The number of hydrazone groups is 1. The lowest BCUT2D eigenvalue weighted by atomic mass is 9.98. The third-order valence-corrected chi connectivity index (χ3v) is 6.67. The summed E-state index contributed by atoms with van der Waals surface area (Å²) in [7, 11) is 0. The Labute approximate surface area is 200 Å². The van der Waals surface area contributed by atoms with Gasteiger partial charge in [0.15, 0.2) is 0 Å². The zero-order valence-electron chi connectivity index (χ0n) is 16.6. The highest BCUT2D eigenvalue weighted by molar-refractivity contribution is 9.10. The third kappa shape index (κ3) is 3.78. The van der Waals surface area contributed by atoms with Crippen molar-refractivity contribution < 1.29 is 14.0 Å². The topological polar surface area (TPSA) is 53.0 Å². The summed E-state index contributed by atoms with van der Waals surface area (Å²) in [6.07, 6.45) is 0.594. The molecule has 5 rings (SSSR count). The molecule has 1 amide bonds. The summed E-state index contributed by atoms with van der Waals surface area (Å²) in [5.74, 6) is -1.42. The number of benzene rings is 3. The summed E-state index contributed by atoms with van der Waals surface area (Å²) >= 11 is 6.80. The number of Topliss-reactive ketones (excluding diaryl/α,β-unsaturated/α-hetero) is 1. The molecule has 2 aliphatic rings. The summed E-state index contributed by atoms with van der Waals surface area (Å²) in [4.78, 5) is 26.7. The molecule has 0 fully saturated rings. The van der Waals surface area contributed by atoms with E-state index in [2.05, 4.69) is 31.9 Å². The first-order chi connectivity index (χ1) is 15.4. The highest BCUT2D eigenvalue weighted by atomic mass is 79.9. The summed E-state index contributed by atoms with van der Waals surface area (Å²) < 4.78 is 15.2. The van der Waals surface area contributed by atoms with Crippen LogP contribution in [0.2, 0.25) is 0 Å². The minimum absolute atomic E-state index is 0.112. The predicted octanol–water partition coefficient (Wildman–Crippen LogP) is 5.69. The van der Waals surface area contributed by atoms with E-state index in [9.17, 15) is 14.0 Å². The van der Waals surface area contributed by atoms with Gasteiger partial charge >= 0.3 is 5.91 Å². The average molecular weight is 557 g/mol. The van der Waals surface area contributed by atoms with Gasteiger partial charge in [-0.1, -0.05) is 56.1 Å². The van der Waals surface area contributed by atoms with E-state index in [-0.39, 0.29) is 18.5 Å². The molecule has 0 unspecified atom stereocenters. The van der Waals surface area contributed by atoms with Crippen molar-refractivity contribution in [3.63, 3.8) is 0 Å². The molecule has 0 aliphatic carbocycles. The highest BCUT2D eigenvalue weighted by Gasteiger charge is 2.39. The molecule has 0 aromatic heterocycles. The monoisotopic (exact) mass is 555 g/mol. The van der Waals surface area contributed by atoms with Gasteiger partial charge in [0.1, 0.15) is 12.5 Å². The van der Waals surface area contributed by atoms with Crippen molar-refractivity contribution in [1.82, 2.24) is 5.01 Å². The Kier molecular flexibility index (Phi) is 5.43. The molecule has 0 N–H and O–H groups in total. The first kappa shape index (κ1) is 21.0. The molecule has 0 radical (unpaired) electrons. The van der Waals surface area contributed by atoms with E-state index in [1.165, 1.54) is 17.0 Å². The Morgan fingerprint density at radius 3 is 2.34 bits per heavy atom. The third-order valence-electron chi connectivity index (χ3n) is 5.65. The second-order valence-electron chi connectivity index (χ2n) is 7.63. The van der Waals surface area contributed by atoms with Crippen LogP contribution in [0, 0.1) is 5.82 Å². The van der Waals surface area contributed by atoms with Crippen molar-refractivity contribution in [2.75, 3.05) is 11.6 Å². The zero-order chi connectivity index (χ0) is 22.4. The largest absolute Gasteiger partial charge is 0.301 e. The molecule has 3 aromatic carbocycles. The number of nitrogens with zero attached hydrogens (tertiary/aromatic N) is 3. The van der Waals surface area contributed by atoms with Crippen molar-refractivity contribution in [1.29, 1.82) is 0 Å². The van der Waals surface area contributed by atoms with Crippen LogP contribution in [-0.4, -0.2) is 29.1 Å². The van der Waals surface area contributed by atoms with Gasteiger partial charge < -0.3 is 0 Å². The molecule has 1 atom stereocenters. The second-order valence-corrected chi connectivity index (χ2v) is 9.46. The molecule has 0 bridgehead atoms. The first-order valence-corrected chi connectivity index (χ1v) is 11.5. The van der Waals surface area contributed by atoms with Gasteiger partial charge in [-0.05, 0) is 53.6 Å². The Balaban J connectivity index is 1.51. The number of carbonyl (C=O) groups is 2. The van der Waals surface area contributed by atoms with Gasteiger partial charge in [-0.25, -0.2) is 4.39 Å². The maximum atomic E-state index is 13.5. The quantitative estimate of drug-likeness (QED) is 0.388. The molecule has 2 aliphatic heterocycles. The van der Waals surface area contributed by atoms with Gasteiger partial charge in [-0.2, -0.15) is 5.10 Å². The van der Waals surface area contributed by atoms with E-state index in [0.29, 0.717) is 17.7 Å². The van der Waals surface area contributed by atoms with Gasteiger partial charge in [-0.3, -0.25) is 19.5 Å². The van der Waals surface area contributed by atoms with Crippen LogP contribution in [-0.2, 0) is 4.79 Å². The van der Waals surface area contributed by atoms with Crippen molar-refractivity contribution >= 4 is 54.9 Å². The maximum absolute atomic E-state index is 13.5. The molecule has 160 valence electrons. The Morgan fingerprint density at radius 1 is 0.938 bits per heavy atom. The highest BCUT2D eigenvalue weighted by Crippen LogP contribution is 2.36. The Morgan fingerprint density at radius 2 is 1.62 bits per heavy atom. The van der Waals surface area contributed by atoms with Crippen LogP contribution in [0.3, 0.4) is 0 Å². The van der Waals surface area contributed by atoms with E-state index in [4.69, 9.17) is 5.10 Å². The summed E-state index contributed by atoms with van der Waals surface area (Å²) in [6, 6.07) is 19.2. The number of carbonyl (C=O) groups excluding carboxylic acids is 2. The maximum Gasteiger partial charge on any atom is 0.301 e. The van der Waals surface area contributed by atoms with Crippen LogP contribution in [0.15, 0.2) is 80.8 Å². The summed E-state index contributed by atoms with van der Waals surface area (Å²) in [6.45, 7) is 0.112. The number of amides is 1. The molecule has 2 heterocycles. The fourth-order valence-electron chi connectivity index (χ4n) is 4.03. The van der Waals surface area contributed by atoms with E-state index >= 15 is 0 Å². The normalized spacial score (nSPS) is 17.7. The van der Waals surface area contributed by atoms with Crippen molar-refractivity contribution in [3.8, 4) is 0 Å². The average Bonchev–Trinajstić information content (AvgIpc) is 3.30. The number of fused-ring (bicyclic) bond motifs is 1. The van der Waals surface area contributed by atoms with Crippen molar-refractivity contribution in [3.05, 3.63) is 98.2 Å². The molecule has 5 nitrogen and oxygen atoms in total. The van der Waals surface area contributed by atoms with Crippen LogP contribution in [0.25, 0.3) is 0 Å². The zero-order valence-corrected chi connectivity index (χ0v) is 19.8. The van der Waals surface area contributed by atoms with Gasteiger partial charge in [0.25, 0.3) is 5.78 Å². The lowest BCUT2D eigenvalue weighted by Gasteiger charge is -2.28. The number of halogens is 3. The number of rotatable bonds is 4. The predicted molar refractivity (Wildman–Crippen MR) is 127 cm³/mol. The number of anilines is 1. The molecule has 8 heteroatoms. The molecule has 32 heavy (non-hydrogen) atoms.